The van der Waals surface area contributed by atoms with Crippen LogP contribution in [0.5, 0.6) is 0 Å². The van der Waals surface area contributed by atoms with E-state index in [0.29, 0.717) is 0 Å². The highest BCUT2D eigenvalue weighted by atomic mass is 31.2. The van der Waals surface area contributed by atoms with Gasteiger partial charge in [-0.3, -0.25) is 4.52 Å². The molecule has 0 aromatic carbocycles. The maximum Gasteiger partial charge on any atom is 0.451 e. The summed E-state index contributed by atoms with van der Waals surface area (Å²) in [6, 6.07) is 0. The van der Waals surface area contributed by atoms with Crippen LogP contribution in [-0.2, 0) is 9.05 Å². The van der Waals surface area contributed by atoms with Crippen LogP contribution in [0.25, 0.3) is 0 Å². The first-order chi connectivity index (χ1) is 4.64. The molecule has 0 fully saturated rings. The third-order valence-corrected chi connectivity index (χ3v) is 2.11. The van der Waals surface area contributed by atoms with Crippen LogP contribution < -0.4 is 0 Å². The van der Waals surface area contributed by atoms with E-state index in [-0.39, 0.29) is 0 Å². The Labute approximate surface area is 60.2 Å². The zero-order chi connectivity index (χ0) is 7.61. The molecule has 0 bridgehead atoms. The molecule has 1 N–H and O–H groups in total. The highest BCUT2D eigenvalue weighted by Crippen LogP contribution is 2.56. The zero-order valence-electron chi connectivity index (χ0n) is 5.52. The molecule has 0 aromatic rings. The monoisotopic (exact) mass is 159 g/mol. The Morgan fingerprint density at radius 3 is 2.90 bits per heavy atom. The molecule has 0 radical (unpaired) electrons. The average molecular weight is 159 g/mol. The second-order valence-electron chi connectivity index (χ2n) is 1.93. The second-order valence-corrected chi connectivity index (χ2v) is 3.96. The summed E-state index contributed by atoms with van der Waals surface area (Å²) in [4.78, 5) is 9.20. The van der Waals surface area contributed by atoms with Gasteiger partial charge in [-0.25, -0.2) is 0 Å². The van der Waals surface area contributed by atoms with Crippen LogP contribution in [0.15, 0.2) is 12.3 Å². The molecule has 54 valence electrons. The van der Waals surface area contributed by atoms with Crippen LogP contribution in [0, 0.1) is 12.3 Å². The van der Waals surface area contributed by atoms with Crippen molar-refractivity contribution in [2.24, 2.45) is 0 Å². The fourth-order valence-electron chi connectivity index (χ4n) is 0.576. The van der Waals surface area contributed by atoms with E-state index in [9.17, 15) is 4.89 Å². The maximum atomic E-state index is 9.20. The van der Waals surface area contributed by atoms with Crippen molar-refractivity contribution in [3.05, 3.63) is 12.3 Å². The second kappa shape index (κ2) is 2.59. The van der Waals surface area contributed by atoms with Gasteiger partial charge in [0, 0.05) is 6.08 Å². The maximum absolute atomic E-state index is 9.20. The first-order valence-electron chi connectivity index (χ1n) is 2.73. The van der Waals surface area contributed by atoms with Gasteiger partial charge in [0.2, 0.25) is 0 Å². The minimum absolute atomic E-state index is 0.447. The molecule has 0 saturated carbocycles. The Balaban J connectivity index is 2.65. The lowest BCUT2D eigenvalue weighted by molar-refractivity contribution is 0.196. The molecule has 1 aliphatic heterocycles. The lowest BCUT2D eigenvalue weighted by atomic mass is 10.4. The SMILES string of the molecule is C#CC1C=CO[P+](C)(O)O1. The minimum Gasteiger partial charge on any atom is -0.295 e. The van der Waals surface area contributed by atoms with Gasteiger partial charge in [0.25, 0.3) is 0 Å². The molecule has 0 aliphatic carbocycles. The average Bonchev–Trinajstić information content (AvgIpc) is 1.86. The molecule has 1 rings (SSSR count). The summed E-state index contributed by atoms with van der Waals surface area (Å²) in [5.41, 5.74) is 0. The molecule has 0 saturated heterocycles. The predicted octanol–water partition coefficient (Wildman–Crippen LogP) is 0.933. The van der Waals surface area contributed by atoms with E-state index in [1.807, 2.05) is 0 Å². The molecule has 3 nitrogen and oxygen atoms in total. The third-order valence-electron chi connectivity index (χ3n) is 0.983. The van der Waals surface area contributed by atoms with Gasteiger partial charge < -0.3 is 0 Å². The molecule has 4 heteroatoms. The summed E-state index contributed by atoms with van der Waals surface area (Å²) in [5, 5.41) is 0. The van der Waals surface area contributed by atoms with Crippen molar-refractivity contribution in [1.82, 2.24) is 0 Å². The van der Waals surface area contributed by atoms with E-state index >= 15 is 0 Å². The molecule has 0 spiro atoms. The molecule has 10 heavy (non-hydrogen) atoms. The fourth-order valence-corrected chi connectivity index (χ4v) is 1.47. The van der Waals surface area contributed by atoms with Crippen LogP contribution in [0.1, 0.15) is 0 Å². The van der Waals surface area contributed by atoms with Crippen LogP contribution in [0.3, 0.4) is 0 Å². The van der Waals surface area contributed by atoms with Gasteiger partial charge in [-0.1, -0.05) is 5.92 Å². The molecule has 2 atom stereocenters. The topological polar surface area (TPSA) is 38.7 Å². The van der Waals surface area contributed by atoms with Gasteiger partial charge >= 0.3 is 7.94 Å². The van der Waals surface area contributed by atoms with Crippen molar-refractivity contribution in [1.29, 1.82) is 0 Å². The van der Waals surface area contributed by atoms with E-state index in [1.54, 1.807) is 6.08 Å². The summed E-state index contributed by atoms with van der Waals surface area (Å²) in [5.74, 6) is 2.34. The van der Waals surface area contributed by atoms with Gasteiger partial charge in [0.05, 0.1) is 0 Å². The van der Waals surface area contributed by atoms with Crippen molar-refractivity contribution < 1.29 is 13.9 Å². The van der Waals surface area contributed by atoms with E-state index in [1.165, 1.54) is 12.9 Å². The first-order valence-corrected chi connectivity index (χ1v) is 4.75. The summed E-state index contributed by atoms with van der Waals surface area (Å²) >= 11 is 0. The zero-order valence-corrected chi connectivity index (χ0v) is 6.41. The lowest BCUT2D eigenvalue weighted by Gasteiger charge is -2.16. The van der Waals surface area contributed by atoms with Crippen LogP contribution in [0.2, 0.25) is 0 Å². The minimum atomic E-state index is -2.64. The highest BCUT2D eigenvalue weighted by Gasteiger charge is 2.39. The van der Waals surface area contributed by atoms with Gasteiger partial charge in [0.1, 0.15) is 12.9 Å². The Hall–Kier alpha value is -0.550. The van der Waals surface area contributed by atoms with Crippen molar-refractivity contribution in [2.75, 3.05) is 6.66 Å². The number of hydrogen-bond donors (Lipinski definition) is 1. The van der Waals surface area contributed by atoms with Crippen molar-refractivity contribution in [3.63, 3.8) is 0 Å². The van der Waals surface area contributed by atoms with Gasteiger partial charge in [-0.2, -0.15) is 9.42 Å². The lowest BCUT2D eigenvalue weighted by Crippen LogP contribution is -2.12. The Morgan fingerprint density at radius 2 is 2.50 bits per heavy atom. The smallest absolute Gasteiger partial charge is 0.295 e. The number of terminal acetylenes is 1. The fraction of sp³-hybridized carbons (Fsp3) is 0.333. The van der Waals surface area contributed by atoms with Gasteiger partial charge in [-0.05, 0) is 0 Å². The summed E-state index contributed by atoms with van der Waals surface area (Å²) in [6.45, 7) is 1.49. The first kappa shape index (κ1) is 7.56. The molecule has 0 amide bonds. The van der Waals surface area contributed by atoms with Crippen molar-refractivity contribution in [3.8, 4) is 12.3 Å². The standard InChI is InChI=1S/C6H8O3P/c1-3-6-4-5-8-10(2,7)9-6/h1,4-7H,2H3/q+1. The van der Waals surface area contributed by atoms with Gasteiger partial charge in [0.15, 0.2) is 6.10 Å². The van der Waals surface area contributed by atoms with Crippen LogP contribution in [0.4, 0.5) is 0 Å². The quantitative estimate of drug-likeness (QED) is 0.422. The normalized spacial score (nSPS) is 38.3. The summed E-state index contributed by atoms with van der Waals surface area (Å²) < 4.78 is 9.71. The van der Waals surface area contributed by atoms with Crippen molar-refractivity contribution >= 4 is 7.94 Å². The molecule has 0 aromatic heterocycles. The Kier molecular flexibility index (Phi) is 1.96. The van der Waals surface area contributed by atoms with Crippen molar-refractivity contribution in [2.45, 2.75) is 6.10 Å². The van der Waals surface area contributed by atoms with E-state index < -0.39 is 14.0 Å². The molecular formula is C6H8O3P+. The predicted molar refractivity (Wildman–Crippen MR) is 39.0 cm³/mol. The van der Waals surface area contributed by atoms with E-state index in [4.69, 9.17) is 15.5 Å². The highest BCUT2D eigenvalue weighted by molar-refractivity contribution is 7.59. The molecule has 1 heterocycles. The van der Waals surface area contributed by atoms with Crippen LogP contribution in [-0.4, -0.2) is 17.7 Å². The van der Waals surface area contributed by atoms with E-state index in [2.05, 4.69) is 5.92 Å². The van der Waals surface area contributed by atoms with E-state index in [0.717, 1.165) is 0 Å². The number of rotatable bonds is 0. The van der Waals surface area contributed by atoms with Gasteiger partial charge in [-0.15, -0.1) is 6.42 Å². The van der Waals surface area contributed by atoms with Crippen LogP contribution >= 0.6 is 7.94 Å². The summed E-state index contributed by atoms with van der Waals surface area (Å²) in [6.07, 6.45) is 7.55. The number of hydrogen-bond acceptors (Lipinski definition) is 3. The largest absolute Gasteiger partial charge is 0.451 e. The molecule has 2 unspecified atom stereocenters. The summed E-state index contributed by atoms with van der Waals surface area (Å²) in [7, 11) is -2.64. The molecule has 1 aliphatic rings. The third kappa shape index (κ3) is 1.71. The Morgan fingerprint density at radius 1 is 1.80 bits per heavy atom. The molecular weight excluding hydrogens is 151 g/mol. The Bertz CT molecular complexity index is 192.